The van der Waals surface area contributed by atoms with Crippen molar-refractivity contribution in [1.82, 2.24) is 5.32 Å². The van der Waals surface area contributed by atoms with E-state index in [9.17, 15) is 14.4 Å². The van der Waals surface area contributed by atoms with Crippen LogP contribution < -0.4 is 10.6 Å². The Hall–Kier alpha value is -2.57. The number of benzene rings is 1. The third kappa shape index (κ3) is 6.82. The minimum Gasteiger partial charge on any atom is -0.467 e. The highest BCUT2D eigenvalue weighted by Gasteiger charge is 2.25. The highest BCUT2D eigenvalue weighted by Crippen LogP contribution is 2.12. The molecule has 0 aliphatic heterocycles. The summed E-state index contributed by atoms with van der Waals surface area (Å²) >= 11 is 0. The maximum absolute atomic E-state index is 11.8. The van der Waals surface area contributed by atoms with E-state index in [2.05, 4.69) is 10.6 Å². The van der Waals surface area contributed by atoms with Crippen LogP contribution in [0.2, 0.25) is 0 Å². The third-order valence-corrected chi connectivity index (χ3v) is 2.80. The number of alkyl carbamates (subject to hydrolysis) is 1. The number of esters is 1. The van der Waals surface area contributed by atoms with Crippen LogP contribution in [-0.4, -0.2) is 37.2 Å². The standard InChI is InChI=1S/C16H22N2O5/c1-16(2,3)23-15(21)18-13(14(20)22-4)9-11-5-7-12(8-6-11)17-10-19/h5-8,10,13H,9H2,1-4H3,(H,17,19)(H,18,21). The molecule has 0 aromatic heterocycles. The molecule has 0 saturated heterocycles. The fraction of sp³-hybridized carbons (Fsp3) is 0.438. The first-order valence-corrected chi connectivity index (χ1v) is 7.11. The average Bonchev–Trinajstić information content (AvgIpc) is 2.46. The van der Waals surface area contributed by atoms with Gasteiger partial charge in [0.25, 0.3) is 0 Å². The summed E-state index contributed by atoms with van der Waals surface area (Å²) in [6.45, 7) is 5.20. The molecule has 1 unspecified atom stereocenters. The van der Waals surface area contributed by atoms with Crippen LogP contribution in [0.3, 0.4) is 0 Å². The molecule has 0 radical (unpaired) electrons. The Balaban J connectivity index is 2.76. The second-order valence-electron chi connectivity index (χ2n) is 5.89. The molecule has 126 valence electrons. The molecule has 0 aliphatic carbocycles. The van der Waals surface area contributed by atoms with Crippen LogP contribution >= 0.6 is 0 Å². The van der Waals surface area contributed by atoms with Crippen molar-refractivity contribution in [2.75, 3.05) is 12.4 Å². The lowest BCUT2D eigenvalue weighted by molar-refractivity contribution is -0.143. The third-order valence-electron chi connectivity index (χ3n) is 2.80. The lowest BCUT2D eigenvalue weighted by atomic mass is 10.1. The van der Waals surface area contributed by atoms with E-state index in [0.29, 0.717) is 12.1 Å². The van der Waals surface area contributed by atoms with E-state index >= 15 is 0 Å². The predicted molar refractivity (Wildman–Crippen MR) is 85.0 cm³/mol. The summed E-state index contributed by atoms with van der Waals surface area (Å²) in [5, 5.41) is 5.02. The molecule has 23 heavy (non-hydrogen) atoms. The predicted octanol–water partition coefficient (Wildman–Crippen LogP) is 1.86. The van der Waals surface area contributed by atoms with Gasteiger partial charge in [-0.05, 0) is 38.5 Å². The molecule has 1 rings (SSSR count). The van der Waals surface area contributed by atoms with Gasteiger partial charge in [-0.3, -0.25) is 4.79 Å². The van der Waals surface area contributed by atoms with E-state index < -0.39 is 23.7 Å². The second-order valence-corrected chi connectivity index (χ2v) is 5.89. The Morgan fingerprint density at radius 1 is 1.22 bits per heavy atom. The SMILES string of the molecule is COC(=O)C(Cc1ccc(NC=O)cc1)NC(=O)OC(C)(C)C. The van der Waals surface area contributed by atoms with Crippen molar-refractivity contribution in [2.24, 2.45) is 0 Å². The number of carbonyl (C=O) groups is 3. The molecule has 0 fully saturated rings. The summed E-state index contributed by atoms with van der Waals surface area (Å²) in [6, 6.07) is 6.04. The Labute approximate surface area is 135 Å². The van der Waals surface area contributed by atoms with Crippen molar-refractivity contribution in [3.63, 3.8) is 0 Å². The van der Waals surface area contributed by atoms with Crippen LogP contribution in [0.1, 0.15) is 26.3 Å². The van der Waals surface area contributed by atoms with Crippen LogP contribution in [0.5, 0.6) is 0 Å². The summed E-state index contributed by atoms with van der Waals surface area (Å²) < 4.78 is 9.85. The molecule has 2 amide bonds. The molecule has 1 aromatic rings. The monoisotopic (exact) mass is 322 g/mol. The molecule has 2 N–H and O–H groups in total. The number of methoxy groups -OCH3 is 1. The lowest BCUT2D eigenvalue weighted by Gasteiger charge is -2.22. The minimum atomic E-state index is -0.861. The molecule has 0 saturated carbocycles. The molecule has 1 aromatic carbocycles. The number of rotatable bonds is 6. The Morgan fingerprint density at radius 3 is 2.30 bits per heavy atom. The number of anilines is 1. The van der Waals surface area contributed by atoms with Gasteiger partial charge in [0.15, 0.2) is 0 Å². The average molecular weight is 322 g/mol. The zero-order chi connectivity index (χ0) is 17.5. The van der Waals surface area contributed by atoms with Gasteiger partial charge in [0.1, 0.15) is 11.6 Å². The van der Waals surface area contributed by atoms with Crippen LogP contribution in [-0.2, 0) is 25.5 Å². The van der Waals surface area contributed by atoms with E-state index in [1.165, 1.54) is 7.11 Å². The van der Waals surface area contributed by atoms with Crippen LogP contribution in [0.15, 0.2) is 24.3 Å². The van der Waals surface area contributed by atoms with Crippen molar-refractivity contribution in [3.05, 3.63) is 29.8 Å². The topological polar surface area (TPSA) is 93.7 Å². The number of nitrogens with one attached hydrogen (secondary N) is 2. The molecular weight excluding hydrogens is 300 g/mol. The van der Waals surface area contributed by atoms with Crippen molar-refractivity contribution in [3.8, 4) is 0 Å². The van der Waals surface area contributed by atoms with E-state index in [4.69, 9.17) is 9.47 Å². The van der Waals surface area contributed by atoms with Crippen LogP contribution in [0.4, 0.5) is 10.5 Å². The number of amides is 2. The minimum absolute atomic E-state index is 0.243. The van der Waals surface area contributed by atoms with Gasteiger partial charge in [-0.25, -0.2) is 9.59 Å². The summed E-state index contributed by atoms with van der Waals surface area (Å²) in [5.41, 5.74) is 0.777. The number of carbonyl (C=O) groups excluding carboxylic acids is 3. The highest BCUT2D eigenvalue weighted by molar-refractivity contribution is 5.81. The quantitative estimate of drug-likeness (QED) is 0.616. The Bertz CT molecular complexity index is 549. The first-order chi connectivity index (χ1) is 10.7. The highest BCUT2D eigenvalue weighted by atomic mass is 16.6. The normalized spacial score (nSPS) is 12.0. The molecular formula is C16H22N2O5. The van der Waals surface area contributed by atoms with E-state index in [1.807, 2.05) is 0 Å². The van der Waals surface area contributed by atoms with Gasteiger partial charge in [-0.15, -0.1) is 0 Å². The molecule has 7 nitrogen and oxygen atoms in total. The molecule has 0 heterocycles. The van der Waals surface area contributed by atoms with Crippen molar-refractivity contribution in [1.29, 1.82) is 0 Å². The van der Waals surface area contributed by atoms with Gasteiger partial charge in [0.05, 0.1) is 7.11 Å². The summed E-state index contributed by atoms with van der Waals surface area (Å²) in [6.07, 6.45) is 0.135. The fourth-order valence-corrected chi connectivity index (χ4v) is 1.83. The van der Waals surface area contributed by atoms with Crippen LogP contribution in [0, 0.1) is 0 Å². The van der Waals surface area contributed by atoms with Gasteiger partial charge in [-0.2, -0.15) is 0 Å². The van der Waals surface area contributed by atoms with Gasteiger partial charge in [0, 0.05) is 12.1 Å². The maximum Gasteiger partial charge on any atom is 0.408 e. The second kappa shape index (κ2) is 8.17. The molecule has 0 bridgehead atoms. The van der Waals surface area contributed by atoms with Crippen molar-refractivity contribution >= 4 is 24.2 Å². The molecule has 1 atom stereocenters. The van der Waals surface area contributed by atoms with E-state index in [1.54, 1.807) is 45.0 Å². The van der Waals surface area contributed by atoms with Crippen LogP contribution in [0.25, 0.3) is 0 Å². The largest absolute Gasteiger partial charge is 0.467 e. The van der Waals surface area contributed by atoms with Crippen molar-refractivity contribution < 1.29 is 23.9 Å². The first-order valence-electron chi connectivity index (χ1n) is 7.11. The fourth-order valence-electron chi connectivity index (χ4n) is 1.83. The van der Waals surface area contributed by atoms with Gasteiger partial charge in [0.2, 0.25) is 6.41 Å². The lowest BCUT2D eigenvalue weighted by Crippen LogP contribution is -2.45. The smallest absolute Gasteiger partial charge is 0.408 e. The Morgan fingerprint density at radius 2 is 1.83 bits per heavy atom. The first kappa shape index (κ1) is 18.5. The molecule has 0 spiro atoms. The van der Waals surface area contributed by atoms with E-state index in [0.717, 1.165) is 5.56 Å². The van der Waals surface area contributed by atoms with Gasteiger partial charge in [-0.1, -0.05) is 12.1 Å². The summed E-state index contributed by atoms with van der Waals surface area (Å²) in [7, 11) is 1.25. The molecule has 7 heteroatoms. The maximum atomic E-state index is 11.8. The summed E-state index contributed by atoms with van der Waals surface area (Å²) in [4.78, 5) is 34.0. The zero-order valence-electron chi connectivity index (χ0n) is 13.7. The Kier molecular flexibility index (Phi) is 6.56. The number of ether oxygens (including phenoxy) is 2. The molecule has 0 aliphatic rings. The van der Waals surface area contributed by atoms with Crippen molar-refractivity contribution in [2.45, 2.75) is 38.8 Å². The van der Waals surface area contributed by atoms with Gasteiger partial charge >= 0.3 is 12.1 Å². The van der Waals surface area contributed by atoms with E-state index in [-0.39, 0.29) is 6.42 Å². The van der Waals surface area contributed by atoms with Gasteiger partial charge < -0.3 is 20.1 Å². The number of hydrogen-bond acceptors (Lipinski definition) is 5. The summed E-state index contributed by atoms with van der Waals surface area (Å²) in [5.74, 6) is -0.564. The number of hydrogen-bond donors (Lipinski definition) is 2. The zero-order valence-corrected chi connectivity index (χ0v) is 13.7.